The van der Waals surface area contributed by atoms with Crippen molar-refractivity contribution in [1.82, 2.24) is 24.7 Å². The minimum absolute atomic E-state index is 0.0157. The fourth-order valence-corrected chi connectivity index (χ4v) is 5.16. The average Bonchev–Trinajstić information content (AvgIpc) is 2.84. The Morgan fingerprint density at radius 2 is 2.03 bits per heavy atom. The number of nitrogens with one attached hydrogen (secondary N) is 1. The first-order chi connectivity index (χ1) is 16.5. The van der Waals surface area contributed by atoms with E-state index in [4.69, 9.17) is 9.72 Å². The van der Waals surface area contributed by atoms with E-state index in [1.165, 1.54) is 6.07 Å². The van der Waals surface area contributed by atoms with E-state index < -0.39 is 0 Å². The van der Waals surface area contributed by atoms with Crippen molar-refractivity contribution in [2.75, 3.05) is 45.2 Å². The molecule has 0 bridgehead atoms. The third-order valence-electron chi connectivity index (χ3n) is 7.18. The topological polar surface area (TPSA) is 73.8 Å². The smallest absolute Gasteiger partial charge is 0.321 e. The number of carbonyl (C=O) groups excluding carboxylic acids is 1. The molecule has 2 amide bonds. The Kier molecular flexibility index (Phi) is 6.65. The monoisotopic (exact) mass is 468 g/mol. The summed E-state index contributed by atoms with van der Waals surface area (Å²) in [4.78, 5) is 29.1. The van der Waals surface area contributed by atoms with Crippen molar-refractivity contribution in [3.8, 4) is 0 Å². The van der Waals surface area contributed by atoms with Gasteiger partial charge in [-0.1, -0.05) is 12.1 Å². The molecule has 0 radical (unpaired) electrons. The number of anilines is 1. The van der Waals surface area contributed by atoms with Gasteiger partial charge in [0.05, 0.1) is 18.3 Å². The Balaban J connectivity index is 1.35. The molecule has 3 aliphatic heterocycles. The van der Waals surface area contributed by atoms with Gasteiger partial charge in [0.15, 0.2) is 0 Å². The highest BCUT2D eigenvalue weighted by Crippen LogP contribution is 2.30. The molecule has 1 N–H and O–H groups in total. The Morgan fingerprint density at radius 3 is 2.82 bits per heavy atom. The number of likely N-dealkylation sites (N-methyl/N-ethyl adjacent to an activating group) is 1. The Labute approximate surface area is 200 Å². The van der Waals surface area contributed by atoms with E-state index in [2.05, 4.69) is 22.1 Å². The first kappa shape index (κ1) is 23.0. The first-order valence-electron chi connectivity index (χ1n) is 12.2. The molecule has 2 saturated heterocycles. The number of carbonyl (C=O) groups is 1. The molecule has 5 rings (SSSR count). The van der Waals surface area contributed by atoms with Gasteiger partial charge in [0.1, 0.15) is 5.82 Å². The maximum absolute atomic E-state index is 14.0. The van der Waals surface area contributed by atoms with Gasteiger partial charge in [-0.05, 0) is 56.5 Å². The van der Waals surface area contributed by atoms with E-state index in [-0.39, 0.29) is 23.9 Å². The lowest BCUT2D eigenvalue weighted by Crippen LogP contribution is -2.56. The first-order valence-corrected chi connectivity index (χ1v) is 12.2. The predicted octanol–water partition coefficient (Wildman–Crippen LogP) is 3.06. The van der Waals surface area contributed by atoms with Crippen molar-refractivity contribution < 1.29 is 13.9 Å². The fourth-order valence-electron chi connectivity index (χ4n) is 5.16. The van der Waals surface area contributed by atoms with E-state index in [0.29, 0.717) is 31.6 Å². The summed E-state index contributed by atoms with van der Waals surface area (Å²) in [7, 11) is 2.04. The molecule has 34 heavy (non-hydrogen) atoms. The zero-order valence-electron chi connectivity index (χ0n) is 19.9. The number of amides is 2. The number of piperazine rings is 1. The van der Waals surface area contributed by atoms with Gasteiger partial charge >= 0.3 is 6.03 Å². The van der Waals surface area contributed by atoms with E-state index in [9.17, 15) is 9.18 Å². The molecule has 2 atom stereocenters. The van der Waals surface area contributed by atoms with Crippen LogP contribution >= 0.6 is 0 Å². The Morgan fingerprint density at radius 1 is 1.21 bits per heavy atom. The predicted molar refractivity (Wildman–Crippen MR) is 127 cm³/mol. The van der Waals surface area contributed by atoms with Gasteiger partial charge in [0.25, 0.3) is 0 Å². The van der Waals surface area contributed by atoms with Crippen molar-refractivity contribution in [3.63, 3.8) is 0 Å². The van der Waals surface area contributed by atoms with Crippen LogP contribution in [-0.4, -0.2) is 82.7 Å². The number of aromatic nitrogens is 2. The van der Waals surface area contributed by atoms with E-state index in [1.54, 1.807) is 12.1 Å². The minimum atomic E-state index is -0.278. The number of halogens is 1. The summed E-state index contributed by atoms with van der Waals surface area (Å²) in [5.41, 5.74) is 2.82. The molecule has 3 aliphatic rings. The van der Waals surface area contributed by atoms with Crippen molar-refractivity contribution in [3.05, 3.63) is 53.1 Å². The Hall–Kier alpha value is -2.78. The maximum Gasteiger partial charge on any atom is 0.321 e. The van der Waals surface area contributed by atoms with Crippen LogP contribution in [-0.2, 0) is 17.7 Å². The van der Waals surface area contributed by atoms with Crippen LogP contribution in [0, 0.1) is 5.82 Å². The maximum atomic E-state index is 14.0. The number of urea groups is 1. The lowest BCUT2D eigenvalue weighted by molar-refractivity contribution is 0.0715. The average molecular weight is 469 g/mol. The molecule has 8 nitrogen and oxygen atoms in total. The van der Waals surface area contributed by atoms with Gasteiger partial charge < -0.3 is 24.8 Å². The molecule has 2 aromatic rings. The van der Waals surface area contributed by atoms with Crippen LogP contribution in [0.5, 0.6) is 0 Å². The SMILES string of the molecule is C[C@H]1Cc2cnc(NC3CCOCC3)nc2CN1C(=O)N1CCN(C)C[C@H]1c1cccc(F)c1. The molecule has 0 unspecified atom stereocenters. The minimum Gasteiger partial charge on any atom is -0.381 e. The summed E-state index contributed by atoms with van der Waals surface area (Å²) in [5.74, 6) is 0.337. The summed E-state index contributed by atoms with van der Waals surface area (Å²) >= 11 is 0. The standard InChI is InChI=1S/C25H33FN6O2/c1-17-12-19-14-27-24(28-21-6-10-34-11-7-21)29-22(19)15-32(17)25(33)31-9-8-30(2)16-23(31)18-4-3-5-20(26)13-18/h3-5,13-14,17,21,23H,6-12,15-16H2,1-2H3,(H,27,28,29)/t17-,23-/m0/s1. The summed E-state index contributed by atoms with van der Waals surface area (Å²) < 4.78 is 19.4. The van der Waals surface area contributed by atoms with Gasteiger partial charge in [0.2, 0.25) is 5.95 Å². The quantitative estimate of drug-likeness (QED) is 0.747. The van der Waals surface area contributed by atoms with Gasteiger partial charge in [-0.2, -0.15) is 0 Å². The number of ether oxygens (including phenoxy) is 1. The van der Waals surface area contributed by atoms with Crippen LogP contribution < -0.4 is 5.32 Å². The van der Waals surface area contributed by atoms with Crippen LogP contribution in [0.3, 0.4) is 0 Å². The molecule has 0 saturated carbocycles. The summed E-state index contributed by atoms with van der Waals surface area (Å²) in [6.07, 6.45) is 4.49. The van der Waals surface area contributed by atoms with Crippen molar-refractivity contribution in [2.24, 2.45) is 0 Å². The van der Waals surface area contributed by atoms with Gasteiger partial charge in [-0.15, -0.1) is 0 Å². The van der Waals surface area contributed by atoms with E-state index in [0.717, 1.165) is 55.8 Å². The van der Waals surface area contributed by atoms with Crippen LogP contribution in [0.25, 0.3) is 0 Å². The summed E-state index contributed by atoms with van der Waals surface area (Å²) in [5, 5.41) is 3.43. The largest absolute Gasteiger partial charge is 0.381 e. The van der Waals surface area contributed by atoms with Gasteiger partial charge in [-0.3, -0.25) is 0 Å². The highest BCUT2D eigenvalue weighted by Gasteiger charge is 2.37. The van der Waals surface area contributed by atoms with Crippen LogP contribution in [0.2, 0.25) is 0 Å². The number of nitrogens with zero attached hydrogens (tertiary/aromatic N) is 5. The Bertz CT molecular complexity index is 1030. The van der Waals surface area contributed by atoms with Gasteiger partial charge in [-0.25, -0.2) is 19.2 Å². The highest BCUT2D eigenvalue weighted by molar-refractivity contribution is 5.76. The lowest BCUT2D eigenvalue weighted by Gasteiger charge is -2.44. The molecule has 9 heteroatoms. The molecule has 2 fully saturated rings. The molecule has 4 heterocycles. The zero-order valence-corrected chi connectivity index (χ0v) is 19.9. The van der Waals surface area contributed by atoms with Crippen molar-refractivity contribution in [2.45, 2.75) is 50.9 Å². The van der Waals surface area contributed by atoms with Crippen LogP contribution in [0.15, 0.2) is 30.5 Å². The molecular weight excluding hydrogens is 435 g/mol. The second-order valence-corrected chi connectivity index (χ2v) is 9.69. The van der Waals surface area contributed by atoms with E-state index in [1.807, 2.05) is 29.1 Å². The highest BCUT2D eigenvalue weighted by atomic mass is 19.1. The van der Waals surface area contributed by atoms with Crippen molar-refractivity contribution in [1.29, 1.82) is 0 Å². The van der Waals surface area contributed by atoms with Crippen LogP contribution in [0.4, 0.5) is 15.1 Å². The molecule has 182 valence electrons. The number of rotatable bonds is 3. The second kappa shape index (κ2) is 9.84. The molecule has 1 aromatic carbocycles. The third kappa shape index (κ3) is 4.86. The van der Waals surface area contributed by atoms with Crippen molar-refractivity contribution >= 4 is 12.0 Å². The molecule has 0 spiro atoms. The number of benzene rings is 1. The molecular formula is C25H33FN6O2. The van der Waals surface area contributed by atoms with Crippen LogP contribution in [0.1, 0.15) is 42.6 Å². The van der Waals surface area contributed by atoms with E-state index >= 15 is 0 Å². The summed E-state index contributed by atoms with van der Waals surface area (Å²) in [6.45, 7) is 6.09. The number of hydrogen-bond donors (Lipinski definition) is 1. The second-order valence-electron chi connectivity index (χ2n) is 9.69. The molecule has 1 aromatic heterocycles. The number of hydrogen-bond acceptors (Lipinski definition) is 6. The normalized spacial score (nSPS) is 24.1. The number of fused-ring (bicyclic) bond motifs is 1. The fraction of sp³-hybridized carbons (Fsp3) is 0.560. The lowest BCUT2D eigenvalue weighted by atomic mass is 9.99. The zero-order chi connectivity index (χ0) is 23.7. The summed E-state index contributed by atoms with van der Waals surface area (Å²) in [6, 6.07) is 6.74. The molecule has 0 aliphatic carbocycles. The third-order valence-corrected chi connectivity index (χ3v) is 7.18. The van der Waals surface area contributed by atoms with Gasteiger partial charge in [0, 0.05) is 51.1 Å².